The summed E-state index contributed by atoms with van der Waals surface area (Å²) < 4.78 is 5.75. The molecule has 1 amide bonds. The molecular formula is C20H25N3O2. The van der Waals surface area contributed by atoms with Crippen LogP contribution in [0.3, 0.4) is 0 Å². The summed E-state index contributed by atoms with van der Waals surface area (Å²) in [4.78, 5) is 21.2. The van der Waals surface area contributed by atoms with E-state index in [4.69, 9.17) is 4.74 Å². The summed E-state index contributed by atoms with van der Waals surface area (Å²) in [6.45, 7) is 8.71. The van der Waals surface area contributed by atoms with Crippen LogP contribution in [-0.4, -0.2) is 60.0 Å². The molecule has 3 rings (SSSR count). The summed E-state index contributed by atoms with van der Waals surface area (Å²) >= 11 is 0. The average molecular weight is 339 g/mol. The Kier molecular flexibility index (Phi) is 5.66. The molecule has 1 aromatic heterocycles. The number of rotatable bonds is 5. The molecule has 5 heteroatoms. The fourth-order valence-corrected chi connectivity index (χ4v) is 3.07. The van der Waals surface area contributed by atoms with E-state index in [1.807, 2.05) is 55.1 Å². The molecule has 0 atom stereocenters. The van der Waals surface area contributed by atoms with Crippen molar-refractivity contribution in [3.63, 3.8) is 0 Å². The fraction of sp³-hybridized carbons (Fsp3) is 0.400. The van der Waals surface area contributed by atoms with E-state index >= 15 is 0 Å². The summed E-state index contributed by atoms with van der Waals surface area (Å²) in [6.07, 6.45) is 1.70. The number of amides is 1. The lowest BCUT2D eigenvalue weighted by Gasteiger charge is -2.34. The molecule has 1 aromatic carbocycles. The summed E-state index contributed by atoms with van der Waals surface area (Å²) in [6, 6.07) is 11.8. The summed E-state index contributed by atoms with van der Waals surface area (Å²) in [7, 11) is 0. The number of aromatic nitrogens is 1. The summed E-state index contributed by atoms with van der Waals surface area (Å²) in [5.41, 5.74) is 2.65. The highest BCUT2D eigenvalue weighted by Gasteiger charge is 2.23. The van der Waals surface area contributed by atoms with Gasteiger partial charge in [-0.25, -0.2) is 0 Å². The number of hydrogen-bond acceptors (Lipinski definition) is 4. The van der Waals surface area contributed by atoms with Crippen LogP contribution in [-0.2, 0) is 0 Å². The Morgan fingerprint density at radius 2 is 1.84 bits per heavy atom. The van der Waals surface area contributed by atoms with Crippen molar-refractivity contribution in [1.82, 2.24) is 14.8 Å². The first-order valence-electron chi connectivity index (χ1n) is 8.76. The Morgan fingerprint density at radius 3 is 2.52 bits per heavy atom. The standard InChI is InChI=1S/C20H25N3O2/c1-16-14-17(2)21-15-19(16)20(24)23-10-8-22(9-11-23)12-13-25-18-6-4-3-5-7-18/h3-7,14-15H,8-13H2,1-2H3. The van der Waals surface area contributed by atoms with Gasteiger partial charge in [-0.1, -0.05) is 18.2 Å². The Morgan fingerprint density at radius 1 is 1.12 bits per heavy atom. The van der Waals surface area contributed by atoms with Crippen LogP contribution in [0.25, 0.3) is 0 Å². The molecule has 0 N–H and O–H groups in total. The van der Waals surface area contributed by atoms with Gasteiger partial charge in [0.25, 0.3) is 5.91 Å². The maximum atomic E-state index is 12.7. The molecule has 2 heterocycles. The van der Waals surface area contributed by atoms with Gasteiger partial charge in [-0.05, 0) is 37.6 Å². The zero-order valence-corrected chi connectivity index (χ0v) is 14.9. The first kappa shape index (κ1) is 17.4. The number of ether oxygens (including phenoxy) is 1. The minimum Gasteiger partial charge on any atom is -0.492 e. The SMILES string of the molecule is Cc1cc(C)c(C(=O)N2CCN(CCOc3ccccc3)CC2)cn1. The van der Waals surface area contributed by atoms with Crippen LogP contribution < -0.4 is 4.74 Å². The first-order valence-corrected chi connectivity index (χ1v) is 8.76. The average Bonchev–Trinajstić information content (AvgIpc) is 2.63. The van der Waals surface area contributed by atoms with Gasteiger partial charge in [-0.3, -0.25) is 14.7 Å². The molecule has 1 fully saturated rings. The second-order valence-corrected chi connectivity index (χ2v) is 6.44. The maximum Gasteiger partial charge on any atom is 0.255 e. The van der Waals surface area contributed by atoms with Crippen LogP contribution in [0.1, 0.15) is 21.6 Å². The second-order valence-electron chi connectivity index (χ2n) is 6.44. The molecule has 1 aliphatic rings. The van der Waals surface area contributed by atoms with Gasteiger partial charge < -0.3 is 9.64 Å². The third-order valence-electron chi connectivity index (χ3n) is 4.56. The minimum atomic E-state index is 0.0881. The molecule has 0 spiro atoms. The van der Waals surface area contributed by atoms with E-state index in [1.54, 1.807) is 6.20 Å². The van der Waals surface area contributed by atoms with Gasteiger partial charge in [-0.2, -0.15) is 0 Å². The fourth-order valence-electron chi connectivity index (χ4n) is 3.07. The molecule has 1 aliphatic heterocycles. The largest absolute Gasteiger partial charge is 0.492 e. The second kappa shape index (κ2) is 8.12. The minimum absolute atomic E-state index is 0.0881. The van der Waals surface area contributed by atoms with Gasteiger partial charge >= 0.3 is 0 Å². The van der Waals surface area contributed by atoms with Crippen LogP contribution in [0.4, 0.5) is 0 Å². The van der Waals surface area contributed by atoms with Gasteiger partial charge in [0, 0.05) is 44.6 Å². The molecule has 0 saturated carbocycles. The number of nitrogens with zero attached hydrogens (tertiary/aromatic N) is 3. The van der Waals surface area contributed by atoms with Crippen molar-refractivity contribution in [3.8, 4) is 5.75 Å². The Hall–Kier alpha value is -2.40. The van der Waals surface area contributed by atoms with Crippen molar-refractivity contribution in [2.75, 3.05) is 39.3 Å². The molecule has 0 bridgehead atoms. The van der Waals surface area contributed by atoms with Crippen molar-refractivity contribution in [2.45, 2.75) is 13.8 Å². The predicted octanol–water partition coefficient (Wildman–Crippen LogP) is 2.54. The van der Waals surface area contributed by atoms with Crippen molar-refractivity contribution < 1.29 is 9.53 Å². The summed E-state index contributed by atoms with van der Waals surface area (Å²) in [5, 5.41) is 0. The van der Waals surface area contributed by atoms with Crippen LogP contribution >= 0.6 is 0 Å². The molecule has 25 heavy (non-hydrogen) atoms. The molecule has 132 valence electrons. The van der Waals surface area contributed by atoms with Gasteiger partial charge in [0.15, 0.2) is 0 Å². The van der Waals surface area contributed by atoms with E-state index in [2.05, 4.69) is 9.88 Å². The quantitative estimate of drug-likeness (QED) is 0.840. The predicted molar refractivity (Wildman–Crippen MR) is 98.0 cm³/mol. The molecular weight excluding hydrogens is 314 g/mol. The molecule has 1 saturated heterocycles. The van der Waals surface area contributed by atoms with Crippen LogP contribution in [0.2, 0.25) is 0 Å². The van der Waals surface area contributed by atoms with E-state index < -0.39 is 0 Å². The number of benzene rings is 1. The van der Waals surface area contributed by atoms with Crippen molar-refractivity contribution in [2.24, 2.45) is 0 Å². The lowest BCUT2D eigenvalue weighted by atomic mass is 10.1. The normalized spacial score (nSPS) is 15.2. The molecule has 0 radical (unpaired) electrons. The summed E-state index contributed by atoms with van der Waals surface area (Å²) in [5.74, 6) is 0.990. The lowest BCUT2D eigenvalue weighted by molar-refractivity contribution is 0.0619. The van der Waals surface area contributed by atoms with Gasteiger partial charge in [-0.15, -0.1) is 0 Å². The van der Waals surface area contributed by atoms with Gasteiger partial charge in [0.1, 0.15) is 12.4 Å². The van der Waals surface area contributed by atoms with E-state index in [1.165, 1.54) is 0 Å². The number of carbonyl (C=O) groups excluding carboxylic acids is 1. The van der Waals surface area contributed by atoms with Crippen LogP contribution in [0, 0.1) is 13.8 Å². The Bertz CT molecular complexity index is 710. The van der Waals surface area contributed by atoms with Crippen LogP contribution in [0.5, 0.6) is 5.75 Å². The number of hydrogen-bond donors (Lipinski definition) is 0. The highest BCUT2D eigenvalue weighted by atomic mass is 16.5. The van der Waals surface area contributed by atoms with Crippen molar-refractivity contribution in [1.29, 1.82) is 0 Å². The smallest absolute Gasteiger partial charge is 0.255 e. The Balaban J connectivity index is 1.46. The van der Waals surface area contributed by atoms with Crippen molar-refractivity contribution >= 4 is 5.91 Å². The van der Waals surface area contributed by atoms with Crippen molar-refractivity contribution in [3.05, 3.63) is 59.4 Å². The third kappa shape index (κ3) is 4.57. The number of carbonyl (C=O) groups is 1. The lowest BCUT2D eigenvalue weighted by Crippen LogP contribution is -2.49. The van der Waals surface area contributed by atoms with Crippen LogP contribution in [0.15, 0.2) is 42.6 Å². The number of aryl methyl sites for hydroxylation is 2. The van der Waals surface area contributed by atoms with E-state index in [0.717, 1.165) is 49.7 Å². The third-order valence-corrected chi connectivity index (χ3v) is 4.56. The zero-order chi connectivity index (χ0) is 17.6. The molecule has 0 aliphatic carbocycles. The monoisotopic (exact) mass is 339 g/mol. The molecule has 0 unspecified atom stereocenters. The highest BCUT2D eigenvalue weighted by molar-refractivity contribution is 5.95. The highest BCUT2D eigenvalue weighted by Crippen LogP contribution is 2.13. The first-order chi connectivity index (χ1) is 12.1. The van der Waals surface area contributed by atoms with E-state index in [0.29, 0.717) is 12.2 Å². The number of para-hydroxylation sites is 1. The Labute approximate surface area is 149 Å². The molecule has 2 aromatic rings. The van der Waals surface area contributed by atoms with E-state index in [9.17, 15) is 4.79 Å². The molecule has 5 nitrogen and oxygen atoms in total. The van der Waals surface area contributed by atoms with Gasteiger partial charge in [0.05, 0.1) is 5.56 Å². The topological polar surface area (TPSA) is 45.7 Å². The number of pyridine rings is 1. The van der Waals surface area contributed by atoms with Gasteiger partial charge in [0.2, 0.25) is 0 Å². The zero-order valence-electron chi connectivity index (χ0n) is 14.9. The number of piperazine rings is 1. The van der Waals surface area contributed by atoms with E-state index in [-0.39, 0.29) is 5.91 Å². The maximum absolute atomic E-state index is 12.7.